The number of hydrogen-bond donors (Lipinski definition) is 1. The summed E-state index contributed by atoms with van der Waals surface area (Å²) >= 11 is 0. The highest BCUT2D eigenvalue weighted by Gasteiger charge is 2.47. The van der Waals surface area contributed by atoms with E-state index in [0.717, 1.165) is 44.3 Å². The summed E-state index contributed by atoms with van der Waals surface area (Å²) in [4.78, 5) is 23.0. The van der Waals surface area contributed by atoms with Gasteiger partial charge < -0.3 is 14.3 Å². The summed E-state index contributed by atoms with van der Waals surface area (Å²) in [5, 5.41) is 8.96. The Morgan fingerprint density at radius 2 is 2.00 bits per heavy atom. The van der Waals surface area contributed by atoms with Crippen molar-refractivity contribution in [2.75, 3.05) is 6.61 Å². The Hall–Kier alpha value is -1.84. The molecule has 1 aromatic rings. The first-order chi connectivity index (χ1) is 17.5. The quantitative estimate of drug-likeness (QED) is 0.166. The van der Waals surface area contributed by atoms with Crippen molar-refractivity contribution < 1.29 is 19.1 Å². The van der Waals surface area contributed by atoms with Crippen LogP contribution in [0.1, 0.15) is 90.2 Å². The number of carbonyl (C=O) groups is 1. The molecular weight excluding hydrogens is 478 g/mol. The number of nitriles is 1. The molecule has 206 valence electrons. The van der Waals surface area contributed by atoms with E-state index in [9.17, 15) is 9.59 Å². The van der Waals surface area contributed by atoms with Crippen LogP contribution in [0.5, 0.6) is 5.75 Å². The average Bonchev–Trinajstić information content (AvgIpc) is 3.13. The fourth-order valence-corrected chi connectivity index (χ4v) is 7.59. The maximum atomic E-state index is 12.1. The Morgan fingerprint density at radius 3 is 2.65 bits per heavy atom. The smallest absolute Gasteiger partial charge is 0.302 e. The first kappa shape index (κ1) is 29.7. The number of rotatable bonds is 13. The molecule has 0 aromatic heterocycles. The van der Waals surface area contributed by atoms with Gasteiger partial charge in [0.05, 0.1) is 0 Å². The van der Waals surface area contributed by atoms with Crippen molar-refractivity contribution in [3.05, 3.63) is 29.3 Å². The number of carbonyl (C=O) groups excluding carboxylic acids is 1. The van der Waals surface area contributed by atoms with E-state index in [-0.39, 0.29) is 23.7 Å². The van der Waals surface area contributed by atoms with Gasteiger partial charge in [0.2, 0.25) is 0 Å². The van der Waals surface area contributed by atoms with E-state index in [1.54, 1.807) is 0 Å². The van der Waals surface area contributed by atoms with Crippen LogP contribution in [0, 0.1) is 35.0 Å². The molecule has 1 N–H and O–H groups in total. The molecule has 0 radical (unpaired) electrons. The van der Waals surface area contributed by atoms with Gasteiger partial charge in [-0.05, 0) is 91.1 Å². The zero-order chi connectivity index (χ0) is 27.2. The molecule has 0 spiro atoms. The summed E-state index contributed by atoms with van der Waals surface area (Å²) in [6.45, 7) is 12.5. The molecule has 0 bridgehead atoms. The molecule has 0 heterocycles. The molecule has 2 aliphatic rings. The number of esters is 1. The van der Waals surface area contributed by atoms with Gasteiger partial charge in [0, 0.05) is 6.92 Å². The predicted octanol–water partition coefficient (Wildman–Crippen LogP) is 7.22. The minimum absolute atomic E-state index is 0.0268. The lowest BCUT2D eigenvalue weighted by atomic mass is 9.73. The molecule has 1 saturated carbocycles. The Bertz CT molecular complexity index is 948. The third-order valence-corrected chi connectivity index (χ3v) is 13.0. The van der Waals surface area contributed by atoms with E-state index in [1.165, 1.54) is 43.7 Å². The standard InChI is InChI=1S/C31H49NO4Si/c1-7-8-9-11-23(21-31(3,4)37(5,6)34)14-15-26-27-18-24-12-10-13-29(35-17-16-32)28(24)19-25(27)20-30(26)36-22(2)33/h10,12-13,23,25-27,30,34H,7-9,11,14-15,17-21H2,1-6H3/t23?,25?,26-,27?,30-/m1/s1. The van der Waals surface area contributed by atoms with Gasteiger partial charge in [-0.25, -0.2) is 0 Å². The van der Waals surface area contributed by atoms with E-state index >= 15 is 0 Å². The first-order valence-electron chi connectivity index (χ1n) is 14.5. The predicted molar refractivity (Wildman–Crippen MR) is 151 cm³/mol. The van der Waals surface area contributed by atoms with Crippen LogP contribution < -0.4 is 4.74 Å². The molecule has 3 unspecified atom stereocenters. The van der Waals surface area contributed by atoms with Gasteiger partial charge in [-0.15, -0.1) is 0 Å². The summed E-state index contributed by atoms with van der Waals surface area (Å²) in [7, 11) is -2.28. The Balaban J connectivity index is 1.78. The van der Waals surface area contributed by atoms with Gasteiger partial charge in [0.1, 0.15) is 17.9 Å². The van der Waals surface area contributed by atoms with Crippen LogP contribution >= 0.6 is 0 Å². The lowest BCUT2D eigenvalue weighted by molar-refractivity contribution is -0.148. The fraction of sp³-hybridized carbons (Fsp3) is 0.742. The van der Waals surface area contributed by atoms with Crippen LogP contribution in [-0.4, -0.2) is 31.8 Å². The number of benzene rings is 1. The van der Waals surface area contributed by atoms with Crippen molar-refractivity contribution in [2.45, 2.75) is 116 Å². The highest BCUT2D eigenvalue weighted by atomic mass is 28.4. The summed E-state index contributed by atoms with van der Waals surface area (Å²) in [6, 6.07) is 8.29. The van der Waals surface area contributed by atoms with Gasteiger partial charge in [-0.3, -0.25) is 4.79 Å². The molecule has 1 fully saturated rings. The second kappa shape index (κ2) is 12.8. The molecular formula is C31H49NO4Si. The summed E-state index contributed by atoms with van der Waals surface area (Å²) in [6.07, 6.45) is 11.0. The maximum absolute atomic E-state index is 12.1. The van der Waals surface area contributed by atoms with E-state index in [2.05, 4.69) is 46.0 Å². The Kier molecular flexibility index (Phi) is 10.3. The SMILES string of the molecule is CCCCCC(CC[C@@H]1C2Cc3cccc(OCC#N)c3CC2C[C@H]1OC(C)=O)CC(C)(C)[Si](C)(C)O. The fourth-order valence-electron chi connectivity index (χ4n) is 6.80. The molecule has 1 aromatic carbocycles. The molecule has 0 saturated heterocycles. The zero-order valence-electron chi connectivity index (χ0n) is 24.0. The summed E-state index contributed by atoms with van der Waals surface area (Å²) in [5.41, 5.74) is 2.55. The van der Waals surface area contributed by atoms with Crippen LogP contribution in [0.4, 0.5) is 0 Å². The average molecular weight is 528 g/mol. The molecule has 5 nitrogen and oxygen atoms in total. The van der Waals surface area contributed by atoms with E-state index in [0.29, 0.717) is 23.7 Å². The van der Waals surface area contributed by atoms with Crippen LogP contribution in [0.15, 0.2) is 18.2 Å². The lowest BCUT2D eigenvalue weighted by Crippen LogP contribution is -2.40. The minimum Gasteiger partial charge on any atom is -0.478 e. The van der Waals surface area contributed by atoms with Gasteiger partial charge in [0.25, 0.3) is 0 Å². The van der Waals surface area contributed by atoms with Crippen LogP contribution in [0.3, 0.4) is 0 Å². The molecule has 3 rings (SSSR count). The lowest BCUT2D eigenvalue weighted by Gasteiger charge is -2.39. The molecule has 5 atom stereocenters. The van der Waals surface area contributed by atoms with E-state index in [4.69, 9.17) is 14.7 Å². The topological polar surface area (TPSA) is 79.5 Å². The second-order valence-electron chi connectivity index (χ2n) is 12.8. The number of fused-ring (bicyclic) bond motifs is 2. The van der Waals surface area contributed by atoms with Gasteiger partial charge >= 0.3 is 5.97 Å². The molecule has 0 amide bonds. The van der Waals surface area contributed by atoms with E-state index in [1.807, 2.05) is 12.1 Å². The van der Waals surface area contributed by atoms with Crippen molar-refractivity contribution >= 4 is 14.3 Å². The first-order valence-corrected chi connectivity index (χ1v) is 17.4. The van der Waals surface area contributed by atoms with E-state index < -0.39 is 8.32 Å². The Labute approximate surface area is 226 Å². The third kappa shape index (κ3) is 7.60. The number of nitrogens with zero attached hydrogens (tertiary/aromatic N) is 1. The number of unbranched alkanes of at least 4 members (excludes halogenated alkanes) is 2. The zero-order valence-corrected chi connectivity index (χ0v) is 25.0. The largest absolute Gasteiger partial charge is 0.478 e. The van der Waals surface area contributed by atoms with Crippen LogP contribution in [0.2, 0.25) is 18.1 Å². The van der Waals surface area contributed by atoms with Gasteiger partial charge in [-0.2, -0.15) is 5.26 Å². The minimum atomic E-state index is -2.28. The summed E-state index contributed by atoms with van der Waals surface area (Å²) in [5.74, 6) is 2.56. The molecule has 2 aliphatic carbocycles. The third-order valence-electron chi connectivity index (χ3n) is 9.51. The van der Waals surface area contributed by atoms with Crippen molar-refractivity contribution in [3.63, 3.8) is 0 Å². The molecule has 6 heteroatoms. The highest BCUT2D eigenvalue weighted by Crippen LogP contribution is 2.51. The second-order valence-corrected chi connectivity index (χ2v) is 17.3. The number of hydrogen-bond acceptors (Lipinski definition) is 5. The van der Waals surface area contributed by atoms with Crippen molar-refractivity contribution in [1.82, 2.24) is 0 Å². The van der Waals surface area contributed by atoms with Crippen molar-refractivity contribution in [3.8, 4) is 11.8 Å². The molecule has 0 aliphatic heterocycles. The molecule has 37 heavy (non-hydrogen) atoms. The normalized spacial score (nSPS) is 24.1. The van der Waals surface area contributed by atoms with Crippen LogP contribution in [0.25, 0.3) is 0 Å². The van der Waals surface area contributed by atoms with Crippen molar-refractivity contribution in [2.24, 2.45) is 23.7 Å². The Morgan fingerprint density at radius 1 is 1.24 bits per heavy atom. The highest BCUT2D eigenvalue weighted by molar-refractivity contribution is 6.72. The van der Waals surface area contributed by atoms with Gasteiger partial charge in [-0.1, -0.05) is 65.0 Å². The number of ether oxygens (including phenoxy) is 2. The van der Waals surface area contributed by atoms with Gasteiger partial charge in [0.15, 0.2) is 14.9 Å². The maximum Gasteiger partial charge on any atom is 0.302 e. The van der Waals surface area contributed by atoms with Crippen LogP contribution in [-0.2, 0) is 22.4 Å². The van der Waals surface area contributed by atoms with Crippen molar-refractivity contribution in [1.29, 1.82) is 5.26 Å². The summed E-state index contributed by atoms with van der Waals surface area (Å²) < 4.78 is 11.7. The monoisotopic (exact) mass is 527 g/mol.